The summed E-state index contributed by atoms with van der Waals surface area (Å²) in [6, 6.07) is 10.7. The molecule has 1 amide bonds. The standard InChI is InChI=1S/C12H10N4O2/c1-8-14-12(18-16-8)15-11(17)10(7-13)9-5-3-2-4-6-9/h2-6,10H,1H3,(H,14,15,16,17). The predicted molar refractivity (Wildman–Crippen MR) is 62.5 cm³/mol. The van der Waals surface area contributed by atoms with E-state index >= 15 is 0 Å². The fourth-order valence-corrected chi connectivity index (χ4v) is 1.46. The number of amides is 1. The zero-order valence-corrected chi connectivity index (χ0v) is 9.62. The number of hydrogen-bond donors (Lipinski definition) is 1. The van der Waals surface area contributed by atoms with E-state index in [4.69, 9.17) is 9.78 Å². The normalized spacial score (nSPS) is 11.6. The number of hydrogen-bond acceptors (Lipinski definition) is 5. The molecule has 1 aromatic carbocycles. The zero-order chi connectivity index (χ0) is 13.0. The van der Waals surface area contributed by atoms with E-state index < -0.39 is 11.8 Å². The van der Waals surface area contributed by atoms with Crippen LogP contribution >= 0.6 is 0 Å². The van der Waals surface area contributed by atoms with Gasteiger partial charge in [-0.25, -0.2) is 0 Å². The van der Waals surface area contributed by atoms with E-state index in [2.05, 4.69) is 15.5 Å². The smallest absolute Gasteiger partial charge is 0.315 e. The maximum absolute atomic E-state index is 11.9. The van der Waals surface area contributed by atoms with Gasteiger partial charge in [0.2, 0.25) is 5.91 Å². The Kier molecular flexibility index (Phi) is 3.34. The molecule has 1 unspecified atom stereocenters. The van der Waals surface area contributed by atoms with Gasteiger partial charge in [-0.15, -0.1) is 0 Å². The summed E-state index contributed by atoms with van der Waals surface area (Å²) >= 11 is 0. The number of nitriles is 1. The molecular formula is C12H10N4O2. The molecule has 1 N–H and O–H groups in total. The first kappa shape index (κ1) is 11.8. The van der Waals surface area contributed by atoms with E-state index in [1.807, 2.05) is 12.1 Å². The van der Waals surface area contributed by atoms with Crippen molar-refractivity contribution in [2.45, 2.75) is 12.8 Å². The summed E-state index contributed by atoms with van der Waals surface area (Å²) < 4.78 is 4.76. The lowest BCUT2D eigenvalue weighted by atomic mass is 10.0. The SMILES string of the molecule is Cc1noc(NC(=O)C(C#N)c2ccccc2)n1. The molecule has 0 radical (unpaired) electrons. The van der Waals surface area contributed by atoms with E-state index in [0.29, 0.717) is 11.4 Å². The Morgan fingerprint density at radius 3 is 2.72 bits per heavy atom. The quantitative estimate of drug-likeness (QED) is 0.882. The van der Waals surface area contributed by atoms with Crippen LogP contribution in [0.1, 0.15) is 17.3 Å². The van der Waals surface area contributed by atoms with Gasteiger partial charge in [0.15, 0.2) is 11.7 Å². The van der Waals surface area contributed by atoms with E-state index in [1.165, 1.54) is 0 Å². The summed E-state index contributed by atoms with van der Waals surface area (Å²) in [4.78, 5) is 15.7. The number of anilines is 1. The monoisotopic (exact) mass is 242 g/mol. The van der Waals surface area contributed by atoms with Crippen LogP contribution in [0.25, 0.3) is 0 Å². The largest absolute Gasteiger partial charge is 0.328 e. The van der Waals surface area contributed by atoms with Crippen LogP contribution in [-0.2, 0) is 4.79 Å². The first-order chi connectivity index (χ1) is 8.70. The minimum atomic E-state index is -0.904. The van der Waals surface area contributed by atoms with Crippen molar-refractivity contribution in [3.63, 3.8) is 0 Å². The van der Waals surface area contributed by atoms with E-state index in [9.17, 15) is 4.79 Å². The van der Waals surface area contributed by atoms with Crippen molar-refractivity contribution < 1.29 is 9.32 Å². The van der Waals surface area contributed by atoms with Gasteiger partial charge in [-0.2, -0.15) is 10.2 Å². The van der Waals surface area contributed by atoms with Gasteiger partial charge >= 0.3 is 6.01 Å². The maximum Gasteiger partial charge on any atom is 0.328 e. The molecule has 1 atom stereocenters. The molecule has 1 heterocycles. The van der Waals surface area contributed by atoms with Crippen LogP contribution in [-0.4, -0.2) is 16.0 Å². The van der Waals surface area contributed by atoms with Gasteiger partial charge in [0.25, 0.3) is 0 Å². The average Bonchev–Trinajstić information content (AvgIpc) is 2.77. The molecule has 90 valence electrons. The third-order valence-electron chi connectivity index (χ3n) is 2.28. The highest BCUT2D eigenvalue weighted by molar-refractivity contribution is 5.96. The molecule has 6 nitrogen and oxygen atoms in total. The molecule has 2 rings (SSSR count). The number of rotatable bonds is 3. The molecule has 0 fully saturated rings. The van der Waals surface area contributed by atoms with Crippen LogP contribution in [0, 0.1) is 18.3 Å². The molecule has 0 aliphatic rings. The van der Waals surface area contributed by atoms with Crippen molar-refractivity contribution >= 4 is 11.9 Å². The highest BCUT2D eigenvalue weighted by Gasteiger charge is 2.21. The summed E-state index contributed by atoms with van der Waals surface area (Å²) in [7, 11) is 0. The van der Waals surface area contributed by atoms with Gasteiger partial charge in [0.1, 0.15) is 0 Å². The number of benzene rings is 1. The molecular weight excluding hydrogens is 232 g/mol. The van der Waals surface area contributed by atoms with Crippen molar-refractivity contribution in [3.8, 4) is 6.07 Å². The van der Waals surface area contributed by atoms with Crippen LogP contribution in [0.15, 0.2) is 34.9 Å². The van der Waals surface area contributed by atoms with Crippen molar-refractivity contribution in [1.82, 2.24) is 10.1 Å². The molecule has 0 saturated heterocycles. The number of carbonyl (C=O) groups is 1. The van der Waals surface area contributed by atoms with Crippen molar-refractivity contribution in [2.24, 2.45) is 0 Å². The second kappa shape index (κ2) is 5.10. The van der Waals surface area contributed by atoms with Crippen LogP contribution in [0.4, 0.5) is 6.01 Å². The Hall–Kier alpha value is -2.68. The van der Waals surface area contributed by atoms with Gasteiger partial charge in [-0.3, -0.25) is 10.1 Å². The Bertz CT molecular complexity index is 586. The highest BCUT2D eigenvalue weighted by Crippen LogP contribution is 2.16. The second-order valence-corrected chi connectivity index (χ2v) is 3.61. The van der Waals surface area contributed by atoms with E-state index in [1.54, 1.807) is 31.2 Å². The Balaban J connectivity index is 2.15. The van der Waals surface area contributed by atoms with Gasteiger partial charge in [-0.1, -0.05) is 35.5 Å². The Morgan fingerprint density at radius 1 is 1.44 bits per heavy atom. The lowest BCUT2D eigenvalue weighted by Crippen LogP contribution is -2.20. The molecule has 0 aliphatic heterocycles. The summed E-state index contributed by atoms with van der Waals surface area (Å²) in [6.07, 6.45) is 0. The fourth-order valence-electron chi connectivity index (χ4n) is 1.46. The number of aromatic nitrogens is 2. The third-order valence-corrected chi connectivity index (χ3v) is 2.28. The van der Waals surface area contributed by atoms with Gasteiger partial charge in [-0.05, 0) is 12.5 Å². The van der Waals surface area contributed by atoms with Gasteiger partial charge in [0.05, 0.1) is 6.07 Å². The van der Waals surface area contributed by atoms with Crippen molar-refractivity contribution in [2.75, 3.05) is 5.32 Å². The molecule has 0 saturated carbocycles. The van der Waals surface area contributed by atoms with Crippen LogP contribution in [0.5, 0.6) is 0 Å². The second-order valence-electron chi connectivity index (χ2n) is 3.61. The van der Waals surface area contributed by atoms with Crippen molar-refractivity contribution in [3.05, 3.63) is 41.7 Å². The molecule has 18 heavy (non-hydrogen) atoms. The summed E-state index contributed by atoms with van der Waals surface area (Å²) in [6.45, 7) is 1.64. The van der Waals surface area contributed by atoms with Crippen LogP contribution in [0.2, 0.25) is 0 Å². The first-order valence-electron chi connectivity index (χ1n) is 5.26. The van der Waals surface area contributed by atoms with E-state index in [-0.39, 0.29) is 6.01 Å². The average molecular weight is 242 g/mol. The Labute approximate surface area is 103 Å². The maximum atomic E-state index is 11.9. The lowest BCUT2D eigenvalue weighted by molar-refractivity contribution is -0.116. The van der Waals surface area contributed by atoms with Crippen LogP contribution in [0.3, 0.4) is 0 Å². The zero-order valence-electron chi connectivity index (χ0n) is 9.62. The summed E-state index contributed by atoms with van der Waals surface area (Å²) in [5, 5.41) is 15.0. The van der Waals surface area contributed by atoms with Gasteiger partial charge < -0.3 is 4.52 Å². The predicted octanol–water partition coefficient (Wildman–Crippen LogP) is 1.62. The Morgan fingerprint density at radius 2 is 2.17 bits per heavy atom. The number of nitrogens with one attached hydrogen (secondary N) is 1. The third kappa shape index (κ3) is 2.52. The molecule has 1 aromatic heterocycles. The molecule has 6 heteroatoms. The minimum absolute atomic E-state index is 0.00585. The van der Waals surface area contributed by atoms with Crippen molar-refractivity contribution in [1.29, 1.82) is 5.26 Å². The minimum Gasteiger partial charge on any atom is -0.315 e. The van der Waals surface area contributed by atoms with Crippen LogP contribution < -0.4 is 5.32 Å². The number of aryl methyl sites for hydroxylation is 1. The fraction of sp³-hybridized carbons (Fsp3) is 0.167. The first-order valence-corrected chi connectivity index (χ1v) is 5.26. The highest BCUT2D eigenvalue weighted by atomic mass is 16.5. The van der Waals surface area contributed by atoms with E-state index in [0.717, 1.165) is 0 Å². The lowest BCUT2D eigenvalue weighted by Gasteiger charge is -2.07. The van der Waals surface area contributed by atoms with Gasteiger partial charge in [0, 0.05) is 0 Å². The number of carbonyl (C=O) groups excluding carboxylic acids is 1. The molecule has 2 aromatic rings. The summed E-state index contributed by atoms with van der Waals surface area (Å²) in [5.74, 6) is -0.982. The summed E-state index contributed by atoms with van der Waals surface area (Å²) in [5.41, 5.74) is 0.619. The molecule has 0 bridgehead atoms. The molecule has 0 spiro atoms. The molecule has 0 aliphatic carbocycles. The number of nitrogens with zero attached hydrogens (tertiary/aromatic N) is 3. The topological polar surface area (TPSA) is 91.8 Å².